The van der Waals surface area contributed by atoms with Crippen molar-refractivity contribution in [3.05, 3.63) is 100 Å². The first-order valence-electron chi connectivity index (χ1n) is 10.8. The van der Waals surface area contributed by atoms with E-state index in [-0.39, 0.29) is 34.0 Å². The Labute approximate surface area is 219 Å². The van der Waals surface area contributed by atoms with Crippen molar-refractivity contribution in [3.8, 4) is 28.4 Å². The molecule has 184 valence electrons. The number of phenols is 1. The molecule has 4 aromatic carbocycles. The number of hydrogen-bond donors (Lipinski definition) is 3. The molecule has 0 saturated carbocycles. The van der Waals surface area contributed by atoms with Gasteiger partial charge in [-0.15, -0.1) is 10.2 Å². The first-order chi connectivity index (χ1) is 17.7. The number of hydrogen-bond acceptors (Lipinski definition) is 5. The van der Waals surface area contributed by atoms with E-state index in [1.165, 1.54) is 47.0 Å². The number of para-hydroxylation sites is 1. The summed E-state index contributed by atoms with van der Waals surface area (Å²) in [5.74, 6) is -2.23. The maximum atomic E-state index is 14.2. The lowest BCUT2D eigenvalue weighted by atomic mass is 10.0. The van der Waals surface area contributed by atoms with Crippen LogP contribution in [0.25, 0.3) is 27.7 Å². The normalized spacial score (nSPS) is 11.4. The van der Waals surface area contributed by atoms with Gasteiger partial charge in [0.05, 0.1) is 16.8 Å². The number of carbonyl (C=O) groups is 1. The van der Waals surface area contributed by atoms with Gasteiger partial charge in [0.15, 0.2) is 11.4 Å². The number of azo groups is 1. The SMILES string of the molecule is O=C(O)c1cccc(-c2cccc(N=Nc3c(O)n(-c4cc(Cl)cc(Cl)c4)c4ccc(F)cc34)c2O)c1. The molecule has 7 nitrogen and oxygen atoms in total. The summed E-state index contributed by atoms with van der Waals surface area (Å²) in [7, 11) is 0. The van der Waals surface area contributed by atoms with Crippen molar-refractivity contribution in [2.45, 2.75) is 0 Å². The molecular weight excluding hydrogens is 520 g/mol. The molecule has 0 aliphatic carbocycles. The van der Waals surface area contributed by atoms with Gasteiger partial charge in [-0.3, -0.25) is 4.57 Å². The molecule has 0 bridgehead atoms. The standard InChI is InChI=1S/C27H16Cl2FN3O4/c28-16-10-17(29)12-19(11-16)33-23-8-7-18(30)13-21(23)24(26(33)35)32-31-22-6-2-5-20(25(22)34)14-3-1-4-15(9-14)27(36)37/h1-13,34-35H,(H,36,37). The van der Waals surface area contributed by atoms with Crippen LogP contribution in [-0.2, 0) is 0 Å². The second kappa shape index (κ2) is 9.57. The first kappa shape index (κ1) is 24.3. The third kappa shape index (κ3) is 4.60. The van der Waals surface area contributed by atoms with Gasteiger partial charge in [0.2, 0.25) is 5.88 Å². The third-order valence-electron chi connectivity index (χ3n) is 5.68. The lowest BCUT2D eigenvalue weighted by Crippen LogP contribution is -1.95. The van der Waals surface area contributed by atoms with Crippen LogP contribution >= 0.6 is 23.2 Å². The van der Waals surface area contributed by atoms with E-state index in [1.54, 1.807) is 36.4 Å². The monoisotopic (exact) mass is 535 g/mol. The molecule has 1 aromatic heterocycles. The zero-order valence-electron chi connectivity index (χ0n) is 18.7. The molecule has 0 atom stereocenters. The molecule has 5 aromatic rings. The van der Waals surface area contributed by atoms with Crippen LogP contribution in [0.2, 0.25) is 10.0 Å². The second-order valence-electron chi connectivity index (χ2n) is 8.06. The average Bonchev–Trinajstić information content (AvgIpc) is 3.13. The molecular formula is C27H16Cl2FN3O4. The van der Waals surface area contributed by atoms with Gasteiger partial charge in [-0.2, -0.15) is 0 Å². The first-order valence-corrected chi connectivity index (χ1v) is 11.6. The summed E-state index contributed by atoms with van der Waals surface area (Å²) in [6, 6.07) is 19.4. The van der Waals surface area contributed by atoms with E-state index >= 15 is 0 Å². The van der Waals surface area contributed by atoms with E-state index in [9.17, 15) is 24.5 Å². The highest BCUT2D eigenvalue weighted by Crippen LogP contribution is 2.44. The van der Waals surface area contributed by atoms with Gasteiger partial charge in [-0.1, -0.05) is 47.5 Å². The van der Waals surface area contributed by atoms with Gasteiger partial charge in [0.1, 0.15) is 11.5 Å². The fourth-order valence-corrected chi connectivity index (χ4v) is 4.54. The van der Waals surface area contributed by atoms with Crippen LogP contribution in [0.4, 0.5) is 15.8 Å². The number of nitrogens with zero attached hydrogens (tertiary/aromatic N) is 3. The predicted octanol–water partition coefficient (Wildman–Crippen LogP) is 8.27. The molecule has 5 rings (SSSR count). The van der Waals surface area contributed by atoms with Crippen LogP contribution < -0.4 is 0 Å². The van der Waals surface area contributed by atoms with Crippen molar-refractivity contribution < 1.29 is 24.5 Å². The van der Waals surface area contributed by atoms with Crippen LogP contribution in [0.3, 0.4) is 0 Å². The molecule has 0 spiro atoms. The molecule has 0 fully saturated rings. The number of phenolic OH excluding ortho intramolecular Hbond substituents is 1. The largest absolute Gasteiger partial charge is 0.505 e. The van der Waals surface area contributed by atoms with E-state index in [1.807, 2.05) is 0 Å². The van der Waals surface area contributed by atoms with Crippen LogP contribution in [0.1, 0.15) is 10.4 Å². The van der Waals surface area contributed by atoms with Crippen molar-refractivity contribution in [2.75, 3.05) is 0 Å². The number of aromatic nitrogens is 1. The molecule has 0 amide bonds. The number of aromatic carboxylic acids is 1. The number of carboxylic acids is 1. The molecule has 0 saturated heterocycles. The van der Waals surface area contributed by atoms with Gasteiger partial charge in [-0.25, -0.2) is 9.18 Å². The van der Waals surface area contributed by atoms with Crippen LogP contribution in [0.15, 0.2) is 89.1 Å². The minimum absolute atomic E-state index is 0.0386. The van der Waals surface area contributed by atoms with Gasteiger partial charge in [0.25, 0.3) is 0 Å². The minimum Gasteiger partial charge on any atom is -0.505 e. The third-order valence-corrected chi connectivity index (χ3v) is 6.11. The second-order valence-corrected chi connectivity index (χ2v) is 8.93. The van der Waals surface area contributed by atoms with Gasteiger partial charge < -0.3 is 15.3 Å². The van der Waals surface area contributed by atoms with Gasteiger partial charge in [0, 0.05) is 21.0 Å². The highest BCUT2D eigenvalue weighted by molar-refractivity contribution is 6.34. The Balaban J connectivity index is 1.63. The smallest absolute Gasteiger partial charge is 0.335 e. The Morgan fingerprint density at radius 2 is 1.59 bits per heavy atom. The summed E-state index contributed by atoms with van der Waals surface area (Å²) in [5.41, 5.74) is 1.74. The van der Waals surface area contributed by atoms with E-state index in [4.69, 9.17) is 23.2 Å². The number of halogens is 3. The highest BCUT2D eigenvalue weighted by Gasteiger charge is 2.20. The maximum absolute atomic E-state index is 14.2. The highest BCUT2D eigenvalue weighted by atomic mass is 35.5. The van der Waals surface area contributed by atoms with Gasteiger partial charge in [-0.05, 0) is 60.2 Å². The Kier molecular flexibility index (Phi) is 6.29. The number of rotatable bonds is 5. The lowest BCUT2D eigenvalue weighted by Gasteiger charge is -2.08. The summed E-state index contributed by atoms with van der Waals surface area (Å²) < 4.78 is 15.6. The summed E-state index contributed by atoms with van der Waals surface area (Å²) in [6.45, 7) is 0. The van der Waals surface area contributed by atoms with Crippen LogP contribution in [-0.4, -0.2) is 25.9 Å². The number of carboxylic acid groups (broad SMARTS) is 1. The summed E-state index contributed by atoms with van der Waals surface area (Å²) in [5, 5.41) is 40.4. The Hall–Kier alpha value is -4.40. The molecule has 0 unspecified atom stereocenters. The summed E-state index contributed by atoms with van der Waals surface area (Å²) >= 11 is 12.3. The molecule has 0 aliphatic rings. The Bertz CT molecular complexity index is 1710. The number of benzene rings is 4. The molecule has 37 heavy (non-hydrogen) atoms. The van der Waals surface area contributed by atoms with E-state index in [0.717, 1.165) is 0 Å². The zero-order chi connectivity index (χ0) is 26.3. The van der Waals surface area contributed by atoms with Crippen molar-refractivity contribution in [3.63, 3.8) is 0 Å². The van der Waals surface area contributed by atoms with Crippen LogP contribution in [0.5, 0.6) is 11.6 Å². The topological polar surface area (TPSA) is 107 Å². The van der Waals surface area contributed by atoms with Crippen molar-refractivity contribution in [2.24, 2.45) is 10.2 Å². The van der Waals surface area contributed by atoms with Crippen molar-refractivity contribution >= 4 is 51.4 Å². The van der Waals surface area contributed by atoms with Crippen molar-refractivity contribution in [1.29, 1.82) is 0 Å². The van der Waals surface area contributed by atoms with Gasteiger partial charge >= 0.3 is 5.97 Å². The lowest BCUT2D eigenvalue weighted by molar-refractivity contribution is 0.0697. The molecule has 3 N–H and O–H groups in total. The maximum Gasteiger partial charge on any atom is 0.335 e. The van der Waals surface area contributed by atoms with Crippen molar-refractivity contribution in [1.82, 2.24) is 4.57 Å². The van der Waals surface area contributed by atoms with Crippen LogP contribution in [0, 0.1) is 5.82 Å². The van der Waals surface area contributed by atoms with E-state index < -0.39 is 11.8 Å². The molecule has 1 heterocycles. The Morgan fingerprint density at radius 3 is 2.32 bits per heavy atom. The zero-order valence-corrected chi connectivity index (χ0v) is 20.2. The molecule has 10 heteroatoms. The fourth-order valence-electron chi connectivity index (χ4n) is 4.03. The predicted molar refractivity (Wildman–Crippen MR) is 140 cm³/mol. The average molecular weight is 536 g/mol. The summed E-state index contributed by atoms with van der Waals surface area (Å²) in [4.78, 5) is 11.3. The Morgan fingerprint density at radius 1 is 0.865 bits per heavy atom. The quantitative estimate of drug-likeness (QED) is 0.197. The van der Waals surface area contributed by atoms with E-state index in [0.29, 0.717) is 32.4 Å². The minimum atomic E-state index is -1.10. The van der Waals surface area contributed by atoms with E-state index in [2.05, 4.69) is 10.2 Å². The number of fused-ring (bicyclic) bond motifs is 1. The fraction of sp³-hybridized carbons (Fsp3) is 0. The number of aromatic hydroxyl groups is 2. The molecule has 0 aliphatic heterocycles. The summed E-state index contributed by atoms with van der Waals surface area (Å²) in [6.07, 6.45) is 0. The molecule has 0 radical (unpaired) electrons.